The van der Waals surface area contributed by atoms with Gasteiger partial charge < -0.3 is 15.8 Å². The number of thiocarbonyl (C=S) groups is 1. The molecule has 0 aliphatic heterocycles. The Morgan fingerprint density at radius 3 is 2.41 bits per heavy atom. The molecule has 1 aromatic rings. The molecule has 0 heterocycles. The number of nitrogen functional groups attached to an aromatic ring is 1. The summed E-state index contributed by atoms with van der Waals surface area (Å²) < 4.78 is 4.11. The van der Waals surface area contributed by atoms with Crippen LogP contribution < -0.4 is 11.1 Å². The van der Waals surface area contributed by atoms with Gasteiger partial charge in [-0.1, -0.05) is 30.4 Å². The third-order valence-corrected chi connectivity index (χ3v) is 2.32. The first-order chi connectivity index (χ1) is 8.01. The van der Waals surface area contributed by atoms with E-state index < -0.39 is 0 Å². The van der Waals surface area contributed by atoms with Crippen molar-refractivity contribution in [2.24, 2.45) is 0 Å². The summed E-state index contributed by atoms with van der Waals surface area (Å²) in [7, 11) is 3.17. The van der Waals surface area contributed by atoms with E-state index in [1.807, 2.05) is 31.3 Å². The molecule has 0 atom stereocenters. The highest BCUT2D eigenvalue weighted by atomic mass is 32.1. The van der Waals surface area contributed by atoms with Crippen molar-refractivity contribution in [2.45, 2.75) is 13.3 Å². The van der Waals surface area contributed by atoms with E-state index in [0.29, 0.717) is 0 Å². The normalized spacial score (nSPS) is 8.65. The molecule has 0 saturated heterocycles. The largest absolute Gasteiger partial charge is 0.469 e. The third-order valence-electron chi connectivity index (χ3n) is 1.97. The predicted octanol–water partition coefficient (Wildman–Crippen LogP) is 1.54. The highest BCUT2D eigenvalue weighted by molar-refractivity contribution is 7.80. The highest BCUT2D eigenvalue weighted by Gasteiger charge is 1.99. The molecular weight excluding hydrogens is 236 g/mol. The fraction of sp³-hybridized carbons (Fsp3) is 0.333. The van der Waals surface area contributed by atoms with Gasteiger partial charge >= 0.3 is 5.97 Å². The summed E-state index contributed by atoms with van der Waals surface area (Å²) in [5.74, 6) is -0.245. The van der Waals surface area contributed by atoms with Gasteiger partial charge in [0.15, 0.2) is 0 Å². The predicted molar refractivity (Wildman–Crippen MR) is 73.9 cm³/mol. The van der Waals surface area contributed by atoms with E-state index in [0.717, 1.165) is 22.7 Å². The summed E-state index contributed by atoms with van der Waals surface area (Å²) in [4.78, 5) is 10.4. The first kappa shape index (κ1) is 15.4. The Morgan fingerprint density at radius 2 is 2.00 bits per heavy atom. The Bertz CT molecular complexity index is 381. The van der Waals surface area contributed by atoms with Gasteiger partial charge in [0.2, 0.25) is 0 Å². The number of hydrogen-bond donors (Lipinski definition) is 2. The SMILES string of the molecule is CNC(=S)Cc1ccccc1N.COC(C)=O. The maximum Gasteiger partial charge on any atom is 0.302 e. The number of anilines is 1. The maximum atomic E-state index is 9.59. The van der Waals surface area contributed by atoms with Crippen LogP contribution >= 0.6 is 12.2 Å². The van der Waals surface area contributed by atoms with Crippen LogP contribution in [0, 0.1) is 0 Å². The van der Waals surface area contributed by atoms with Crippen LogP contribution in [0.2, 0.25) is 0 Å². The lowest BCUT2D eigenvalue weighted by atomic mass is 10.1. The minimum absolute atomic E-state index is 0.245. The van der Waals surface area contributed by atoms with Crippen molar-refractivity contribution in [1.29, 1.82) is 0 Å². The topological polar surface area (TPSA) is 64.3 Å². The molecule has 0 amide bonds. The second-order valence-electron chi connectivity index (χ2n) is 3.24. The fourth-order valence-corrected chi connectivity index (χ4v) is 1.11. The summed E-state index contributed by atoms with van der Waals surface area (Å²) in [5, 5.41) is 2.92. The zero-order chi connectivity index (χ0) is 13.3. The van der Waals surface area contributed by atoms with E-state index in [4.69, 9.17) is 18.0 Å². The maximum absolute atomic E-state index is 9.59. The number of ether oxygens (including phenoxy) is 1. The van der Waals surface area contributed by atoms with E-state index in [2.05, 4.69) is 10.1 Å². The van der Waals surface area contributed by atoms with Gasteiger partial charge in [0.1, 0.15) is 0 Å². The molecule has 3 N–H and O–H groups in total. The van der Waals surface area contributed by atoms with Crippen molar-refractivity contribution in [3.8, 4) is 0 Å². The molecule has 0 unspecified atom stereocenters. The highest BCUT2D eigenvalue weighted by Crippen LogP contribution is 2.10. The van der Waals surface area contributed by atoms with E-state index in [1.165, 1.54) is 14.0 Å². The molecule has 0 bridgehead atoms. The smallest absolute Gasteiger partial charge is 0.302 e. The van der Waals surface area contributed by atoms with E-state index >= 15 is 0 Å². The van der Waals surface area contributed by atoms with Crippen LogP contribution in [0.3, 0.4) is 0 Å². The molecule has 0 aromatic heterocycles. The zero-order valence-electron chi connectivity index (χ0n) is 10.3. The van der Waals surface area contributed by atoms with E-state index in [9.17, 15) is 4.79 Å². The molecule has 5 heteroatoms. The Labute approximate surface area is 107 Å². The molecule has 17 heavy (non-hydrogen) atoms. The number of esters is 1. The van der Waals surface area contributed by atoms with Gasteiger partial charge in [-0.25, -0.2) is 0 Å². The van der Waals surface area contributed by atoms with Crippen LogP contribution in [0.4, 0.5) is 5.69 Å². The Kier molecular flexibility index (Phi) is 7.71. The van der Waals surface area contributed by atoms with Gasteiger partial charge in [0.05, 0.1) is 12.1 Å². The molecule has 0 aliphatic rings. The Hall–Kier alpha value is -1.62. The van der Waals surface area contributed by atoms with Crippen molar-refractivity contribution in [2.75, 3.05) is 19.9 Å². The van der Waals surface area contributed by atoms with Crippen LogP contribution in [-0.4, -0.2) is 25.1 Å². The number of para-hydroxylation sites is 1. The van der Waals surface area contributed by atoms with Crippen LogP contribution in [-0.2, 0) is 16.0 Å². The fourth-order valence-electron chi connectivity index (χ4n) is 0.957. The molecule has 1 rings (SSSR count). The van der Waals surface area contributed by atoms with Gasteiger partial charge in [0, 0.05) is 26.1 Å². The standard InChI is InChI=1S/C9H12N2S.C3H6O2/c1-11-9(12)6-7-4-2-3-5-8(7)10;1-3(4)5-2/h2-5H,6,10H2,1H3,(H,11,12);1-2H3. The summed E-state index contributed by atoms with van der Waals surface area (Å²) in [6.45, 7) is 1.36. The van der Waals surface area contributed by atoms with Crippen molar-refractivity contribution < 1.29 is 9.53 Å². The number of carbonyl (C=O) groups excluding carboxylic acids is 1. The molecule has 0 aliphatic carbocycles. The lowest BCUT2D eigenvalue weighted by molar-refractivity contribution is -0.137. The number of carbonyl (C=O) groups is 1. The van der Waals surface area contributed by atoms with Gasteiger partial charge in [-0.05, 0) is 11.6 Å². The van der Waals surface area contributed by atoms with E-state index in [-0.39, 0.29) is 5.97 Å². The molecule has 1 aromatic carbocycles. The number of likely N-dealkylation sites (N-methyl/N-ethyl adjacent to an activating group) is 1. The lowest BCUT2D eigenvalue weighted by Crippen LogP contribution is -2.18. The Morgan fingerprint density at radius 1 is 1.47 bits per heavy atom. The molecule has 94 valence electrons. The molecule has 0 saturated carbocycles. The number of nitrogens with one attached hydrogen (secondary N) is 1. The van der Waals surface area contributed by atoms with Gasteiger partial charge in [0.25, 0.3) is 0 Å². The first-order valence-corrected chi connectivity index (χ1v) is 5.50. The summed E-state index contributed by atoms with van der Waals surface area (Å²) in [6, 6.07) is 7.75. The summed E-state index contributed by atoms with van der Waals surface area (Å²) in [6.07, 6.45) is 0.721. The van der Waals surface area contributed by atoms with E-state index in [1.54, 1.807) is 0 Å². The number of rotatable bonds is 2. The van der Waals surface area contributed by atoms with Crippen LogP contribution in [0.5, 0.6) is 0 Å². The van der Waals surface area contributed by atoms with Crippen molar-refractivity contribution in [3.63, 3.8) is 0 Å². The summed E-state index contributed by atoms with van der Waals surface area (Å²) >= 11 is 5.03. The minimum atomic E-state index is -0.245. The third kappa shape index (κ3) is 7.30. The van der Waals surface area contributed by atoms with Crippen LogP contribution in [0.1, 0.15) is 12.5 Å². The molecule has 0 fully saturated rings. The minimum Gasteiger partial charge on any atom is -0.469 e. The molecular formula is C12H18N2O2S. The van der Waals surface area contributed by atoms with Gasteiger partial charge in [-0.15, -0.1) is 0 Å². The van der Waals surface area contributed by atoms with Gasteiger partial charge in [-0.3, -0.25) is 4.79 Å². The number of nitrogens with two attached hydrogens (primary N) is 1. The average molecular weight is 254 g/mol. The van der Waals surface area contributed by atoms with Gasteiger partial charge in [-0.2, -0.15) is 0 Å². The van der Waals surface area contributed by atoms with Crippen LogP contribution in [0.25, 0.3) is 0 Å². The van der Waals surface area contributed by atoms with Crippen molar-refractivity contribution in [1.82, 2.24) is 5.32 Å². The quantitative estimate of drug-likeness (QED) is 0.476. The van der Waals surface area contributed by atoms with Crippen molar-refractivity contribution >= 4 is 28.9 Å². The lowest BCUT2D eigenvalue weighted by Gasteiger charge is -2.05. The second kappa shape index (κ2) is 8.52. The zero-order valence-corrected chi connectivity index (χ0v) is 11.1. The Balaban J connectivity index is 0.000000437. The molecule has 0 radical (unpaired) electrons. The van der Waals surface area contributed by atoms with Crippen LogP contribution in [0.15, 0.2) is 24.3 Å². The van der Waals surface area contributed by atoms with Crippen molar-refractivity contribution in [3.05, 3.63) is 29.8 Å². The second-order valence-corrected chi connectivity index (χ2v) is 3.74. The first-order valence-electron chi connectivity index (χ1n) is 5.09. The molecule has 4 nitrogen and oxygen atoms in total. The number of methoxy groups -OCH3 is 1. The average Bonchev–Trinajstić information content (AvgIpc) is 2.32. The molecule has 0 spiro atoms. The number of benzene rings is 1. The number of hydrogen-bond acceptors (Lipinski definition) is 4. The monoisotopic (exact) mass is 254 g/mol. The summed E-state index contributed by atoms with van der Waals surface area (Å²) in [5.41, 5.74) is 7.62.